The van der Waals surface area contributed by atoms with Crippen molar-refractivity contribution in [3.63, 3.8) is 0 Å². The van der Waals surface area contributed by atoms with Crippen LogP contribution in [0.3, 0.4) is 0 Å². The Kier molecular flexibility index (Phi) is 5.13. The lowest BCUT2D eigenvalue weighted by molar-refractivity contribution is 0.0601. The third-order valence-corrected chi connectivity index (χ3v) is 4.97. The number of aryl methyl sites for hydroxylation is 3. The van der Waals surface area contributed by atoms with Gasteiger partial charge in [-0.2, -0.15) is 9.97 Å². The second-order valence-corrected chi connectivity index (χ2v) is 7.27. The Morgan fingerprint density at radius 2 is 1.70 bits per heavy atom. The van der Waals surface area contributed by atoms with Gasteiger partial charge in [0.15, 0.2) is 11.2 Å². The molecule has 0 saturated carbocycles. The number of esters is 1. The fraction of sp³-hybridized carbons (Fsp3) is 0.182. The number of halogens is 1. The lowest BCUT2D eigenvalue weighted by Crippen LogP contribution is -2.00. The molecule has 0 aliphatic carbocycles. The number of fused-ring (bicyclic) bond motifs is 1. The number of imidazole rings is 1. The zero-order valence-corrected chi connectivity index (χ0v) is 17.7. The van der Waals surface area contributed by atoms with Crippen LogP contribution >= 0.6 is 11.6 Å². The van der Waals surface area contributed by atoms with Crippen LogP contribution in [0.1, 0.15) is 21.5 Å². The Labute approximate surface area is 178 Å². The molecule has 0 bridgehead atoms. The van der Waals surface area contributed by atoms with Crippen molar-refractivity contribution in [3.8, 4) is 22.8 Å². The van der Waals surface area contributed by atoms with Gasteiger partial charge in [-0.3, -0.25) is 0 Å². The highest BCUT2D eigenvalue weighted by molar-refractivity contribution is 6.28. The number of hydrogen-bond acceptors (Lipinski definition) is 6. The number of carbonyl (C=O) groups is 1. The fourth-order valence-corrected chi connectivity index (χ4v) is 3.47. The Balaban J connectivity index is 1.70. The lowest BCUT2D eigenvalue weighted by atomic mass is 9.99. The molecule has 0 saturated heterocycles. The van der Waals surface area contributed by atoms with Crippen molar-refractivity contribution in [2.75, 3.05) is 7.11 Å². The molecule has 0 N–H and O–H groups in total. The summed E-state index contributed by atoms with van der Waals surface area (Å²) in [6.07, 6.45) is 1.64. The second-order valence-electron chi connectivity index (χ2n) is 6.94. The Hall–Kier alpha value is -3.45. The monoisotopic (exact) mass is 422 g/mol. The average Bonchev–Trinajstić information content (AvgIpc) is 3.10. The minimum Gasteiger partial charge on any atom is -0.465 e. The summed E-state index contributed by atoms with van der Waals surface area (Å²) in [4.78, 5) is 24.4. The first-order valence-corrected chi connectivity index (χ1v) is 9.57. The number of aromatic nitrogens is 4. The first kappa shape index (κ1) is 19.8. The quantitative estimate of drug-likeness (QED) is 0.344. The van der Waals surface area contributed by atoms with Crippen LogP contribution in [0.15, 0.2) is 42.7 Å². The number of hydrogen-bond donors (Lipinski definition) is 0. The molecule has 0 fully saturated rings. The van der Waals surface area contributed by atoms with Crippen molar-refractivity contribution in [1.82, 2.24) is 19.5 Å². The number of benzene rings is 2. The standard InChI is InChI=1S/C22H19ClN4O3/c1-12-9-16(14-5-7-15(8-6-14)21(28)29-4)10-13(2)18(12)30-20-17-19(25-22(23)26-20)27(3)11-24-17/h5-11H,1-4H3. The number of methoxy groups -OCH3 is 1. The maximum atomic E-state index is 11.6. The first-order chi connectivity index (χ1) is 14.4. The predicted octanol–water partition coefficient (Wildman–Crippen LogP) is 4.88. The molecule has 0 atom stereocenters. The highest BCUT2D eigenvalue weighted by atomic mass is 35.5. The Morgan fingerprint density at radius 1 is 1.03 bits per heavy atom. The van der Waals surface area contributed by atoms with Crippen LogP contribution in [0.25, 0.3) is 22.3 Å². The van der Waals surface area contributed by atoms with E-state index < -0.39 is 0 Å². The number of ether oxygens (including phenoxy) is 2. The Bertz CT molecular complexity index is 1240. The molecule has 8 heteroatoms. The first-order valence-electron chi connectivity index (χ1n) is 9.20. The molecule has 2 heterocycles. The molecule has 0 aliphatic heterocycles. The van der Waals surface area contributed by atoms with E-state index in [1.54, 1.807) is 23.0 Å². The van der Waals surface area contributed by atoms with E-state index in [2.05, 4.69) is 15.0 Å². The normalized spacial score (nSPS) is 11.0. The topological polar surface area (TPSA) is 79.1 Å². The predicted molar refractivity (Wildman–Crippen MR) is 114 cm³/mol. The molecule has 0 unspecified atom stereocenters. The SMILES string of the molecule is COC(=O)c1ccc(-c2cc(C)c(Oc3nc(Cl)nc4c3ncn4C)c(C)c2)cc1. The molecular weight excluding hydrogens is 404 g/mol. The Morgan fingerprint density at radius 3 is 2.33 bits per heavy atom. The third kappa shape index (κ3) is 3.59. The maximum absolute atomic E-state index is 11.6. The lowest BCUT2D eigenvalue weighted by Gasteiger charge is -2.14. The minimum atomic E-state index is -0.359. The van der Waals surface area contributed by atoms with Gasteiger partial charge in [0.25, 0.3) is 5.88 Å². The van der Waals surface area contributed by atoms with Crippen LogP contribution in [0, 0.1) is 13.8 Å². The summed E-state index contributed by atoms with van der Waals surface area (Å²) < 4.78 is 12.6. The summed E-state index contributed by atoms with van der Waals surface area (Å²) in [5.74, 6) is 0.639. The van der Waals surface area contributed by atoms with E-state index in [1.165, 1.54) is 7.11 Å². The molecule has 0 amide bonds. The van der Waals surface area contributed by atoms with Crippen molar-refractivity contribution in [1.29, 1.82) is 0 Å². The van der Waals surface area contributed by atoms with E-state index in [9.17, 15) is 4.79 Å². The summed E-state index contributed by atoms with van der Waals surface area (Å²) in [5, 5.41) is 0.0960. The third-order valence-electron chi connectivity index (χ3n) is 4.80. The van der Waals surface area contributed by atoms with E-state index in [1.807, 2.05) is 45.2 Å². The summed E-state index contributed by atoms with van der Waals surface area (Å²) in [6, 6.07) is 11.3. The molecule has 0 aliphatic rings. The molecule has 2 aromatic heterocycles. The summed E-state index contributed by atoms with van der Waals surface area (Å²) >= 11 is 6.07. The van der Waals surface area contributed by atoms with E-state index in [-0.39, 0.29) is 11.3 Å². The molecule has 2 aromatic carbocycles. The molecule has 4 aromatic rings. The minimum absolute atomic E-state index is 0.0960. The van der Waals surface area contributed by atoms with Crippen LogP contribution in [0.2, 0.25) is 5.28 Å². The van der Waals surface area contributed by atoms with E-state index in [0.717, 1.165) is 22.3 Å². The van der Waals surface area contributed by atoms with E-state index >= 15 is 0 Å². The van der Waals surface area contributed by atoms with Crippen molar-refractivity contribution < 1.29 is 14.3 Å². The van der Waals surface area contributed by atoms with Crippen molar-refractivity contribution in [2.24, 2.45) is 7.05 Å². The van der Waals surface area contributed by atoms with Gasteiger partial charge in [-0.15, -0.1) is 0 Å². The van der Waals surface area contributed by atoms with Gasteiger partial charge >= 0.3 is 5.97 Å². The van der Waals surface area contributed by atoms with E-state index in [0.29, 0.717) is 28.4 Å². The summed E-state index contributed by atoms with van der Waals surface area (Å²) in [7, 11) is 3.20. The molecule has 30 heavy (non-hydrogen) atoms. The molecule has 0 spiro atoms. The molecule has 152 valence electrons. The maximum Gasteiger partial charge on any atom is 0.337 e. The largest absolute Gasteiger partial charge is 0.465 e. The van der Waals surface area contributed by atoms with E-state index in [4.69, 9.17) is 21.1 Å². The van der Waals surface area contributed by atoms with Gasteiger partial charge in [0, 0.05) is 7.05 Å². The van der Waals surface area contributed by atoms with Gasteiger partial charge in [-0.1, -0.05) is 12.1 Å². The second kappa shape index (κ2) is 7.76. The highest BCUT2D eigenvalue weighted by Gasteiger charge is 2.16. The average molecular weight is 423 g/mol. The van der Waals surface area contributed by atoms with Gasteiger partial charge in [0.05, 0.1) is 19.0 Å². The van der Waals surface area contributed by atoms with Crippen molar-refractivity contribution >= 4 is 28.7 Å². The van der Waals surface area contributed by atoms with Crippen molar-refractivity contribution in [3.05, 3.63) is 64.7 Å². The summed E-state index contributed by atoms with van der Waals surface area (Å²) in [5.41, 5.74) is 5.51. The highest BCUT2D eigenvalue weighted by Crippen LogP contribution is 2.35. The van der Waals surface area contributed by atoms with Crippen LogP contribution in [-0.4, -0.2) is 32.6 Å². The van der Waals surface area contributed by atoms with Crippen molar-refractivity contribution in [2.45, 2.75) is 13.8 Å². The number of nitrogens with zero attached hydrogens (tertiary/aromatic N) is 4. The number of rotatable bonds is 4. The number of carbonyl (C=O) groups excluding carboxylic acids is 1. The smallest absolute Gasteiger partial charge is 0.337 e. The van der Waals surface area contributed by atoms with Gasteiger partial charge in [0.1, 0.15) is 5.75 Å². The van der Waals surface area contributed by atoms with Gasteiger partial charge in [0.2, 0.25) is 5.28 Å². The fourth-order valence-electron chi connectivity index (χ4n) is 3.32. The van der Waals surface area contributed by atoms with Crippen LogP contribution in [0.5, 0.6) is 11.6 Å². The van der Waals surface area contributed by atoms with Gasteiger partial charge in [-0.05, 0) is 72.0 Å². The molecular formula is C22H19ClN4O3. The van der Waals surface area contributed by atoms with Crippen LogP contribution in [0.4, 0.5) is 0 Å². The molecule has 7 nitrogen and oxygen atoms in total. The van der Waals surface area contributed by atoms with Crippen LogP contribution < -0.4 is 4.74 Å². The zero-order chi connectivity index (χ0) is 21.4. The molecule has 0 radical (unpaired) electrons. The van der Waals surface area contributed by atoms with Crippen LogP contribution in [-0.2, 0) is 11.8 Å². The zero-order valence-electron chi connectivity index (χ0n) is 16.9. The summed E-state index contributed by atoms with van der Waals surface area (Å²) in [6.45, 7) is 3.93. The van der Waals surface area contributed by atoms with Gasteiger partial charge < -0.3 is 14.0 Å². The molecule has 4 rings (SSSR count). The van der Waals surface area contributed by atoms with Gasteiger partial charge in [-0.25, -0.2) is 9.78 Å².